The third-order valence-corrected chi connectivity index (χ3v) is 4.76. The molecule has 5 nitrogen and oxygen atoms in total. The zero-order chi connectivity index (χ0) is 14.8. The summed E-state index contributed by atoms with van der Waals surface area (Å²) in [4.78, 5) is 25.1. The smallest absolute Gasteiger partial charge is 0.326 e. The van der Waals surface area contributed by atoms with Gasteiger partial charge in [0.2, 0.25) is 0 Å². The summed E-state index contributed by atoms with van der Waals surface area (Å²) in [5.41, 5.74) is 0.298. The number of carbonyl (C=O) groups is 2. The number of likely N-dealkylation sites (tertiary alicyclic amines) is 1. The van der Waals surface area contributed by atoms with E-state index in [-0.39, 0.29) is 6.03 Å². The highest BCUT2D eigenvalue weighted by molar-refractivity contribution is 5.83. The molecule has 1 heterocycles. The van der Waals surface area contributed by atoms with E-state index in [1.54, 1.807) is 0 Å². The fourth-order valence-electron chi connectivity index (χ4n) is 3.21. The van der Waals surface area contributed by atoms with Crippen LogP contribution in [0.1, 0.15) is 52.4 Å². The van der Waals surface area contributed by atoms with Crippen molar-refractivity contribution >= 4 is 12.0 Å². The number of hydrogen-bond donors (Lipinski definition) is 2. The molecule has 5 heteroatoms. The first-order chi connectivity index (χ1) is 9.47. The number of carbonyl (C=O) groups excluding carboxylic acids is 1. The van der Waals surface area contributed by atoms with Crippen molar-refractivity contribution in [3.8, 4) is 0 Å². The molecule has 114 valence electrons. The van der Waals surface area contributed by atoms with E-state index in [9.17, 15) is 14.7 Å². The highest BCUT2D eigenvalue weighted by Gasteiger charge is 2.42. The molecule has 2 aliphatic rings. The Balaban J connectivity index is 1.89. The first-order valence-electron chi connectivity index (χ1n) is 7.75. The van der Waals surface area contributed by atoms with Gasteiger partial charge in [0.05, 0.1) is 0 Å². The molecule has 1 saturated carbocycles. The molecule has 1 aliphatic carbocycles. The average molecular weight is 282 g/mol. The average Bonchev–Trinajstić information content (AvgIpc) is 3.16. The topological polar surface area (TPSA) is 69.6 Å². The van der Waals surface area contributed by atoms with E-state index in [4.69, 9.17) is 0 Å². The molecule has 2 N–H and O–H groups in total. The number of urea groups is 1. The van der Waals surface area contributed by atoms with Gasteiger partial charge in [0.15, 0.2) is 0 Å². The van der Waals surface area contributed by atoms with E-state index >= 15 is 0 Å². The first-order valence-corrected chi connectivity index (χ1v) is 7.75. The van der Waals surface area contributed by atoms with Crippen LogP contribution in [-0.4, -0.2) is 41.1 Å². The van der Waals surface area contributed by atoms with E-state index < -0.39 is 12.0 Å². The van der Waals surface area contributed by atoms with Gasteiger partial charge in [-0.25, -0.2) is 9.59 Å². The molecule has 20 heavy (non-hydrogen) atoms. The van der Waals surface area contributed by atoms with Gasteiger partial charge in [-0.15, -0.1) is 0 Å². The summed E-state index contributed by atoms with van der Waals surface area (Å²) in [5.74, 6) is -0.517. The Labute approximate surface area is 120 Å². The van der Waals surface area contributed by atoms with E-state index in [0.29, 0.717) is 30.8 Å². The van der Waals surface area contributed by atoms with Crippen LogP contribution in [0.2, 0.25) is 0 Å². The second-order valence-corrected chi connectivity index (χ2v) is 6.59. The quantitative estimate of drug-likeness (QED) is 0.813. The van der Waals surface area contributed by atoms with Gasteiger partial charge < -0.3 is 15.3 Å². The molecule has 0 aromatic heterocycles. The SMILES string of the molecule is CCCC1(CNC(=O)N2CCC(C)CC2C(=O)O)CC1. The largest absolute Gasteiger partial charge is 0.480 e. The summed E-state index contributed by atoms with van der Waals surface area (Å²) < 4.78 is 0. The summed E-state index contributed by atoms with van der Waals surface area (Å²) in [6.45, 7) is 5.45. The third-order valence-electron chi connectivity index (χ3n) is 4.76. The molecule has 0 bridgehead atoms. The number of aliphatic carboxylic acids is 1. The number of hydrogen-bond acceptors (Lipinski definition) is 2. The molecule has 2 rings (SSSR count). The molecule has 0 radical (unpaired) electrons. The van der Waals surface area contributed by atoms with Crippen LogP contribution in [0.4, 0.5) is 4.79 Å². The standard InChI is InChI=1S/C15H26N2O3/c1-3-5-15(6-7-15)10-16-14(20)17-8-4-11(2)9-12(17)13(18)19/h11-12H,3-10H2,1-2H3,(H,16,20)(H,18,19). The highest BCUT2D eigenvalue weighted by atomic mass is 16.4. The Morgan fingerprint density at radius 3 is 2.65 bits per heavy atom. The van der Waals surface area contributed by atoms with Crippen LogP contribution in [0.3, 0.4) is 0 Å². The summed E-state index contributed by atoms with van der Waals surface area (Å²) in [7, 11) is 0. The van der Waals surface area contributed by atoms with Gasteiger partial charge in [0.25, 0.3) is 0 Å². The number of piperidine rings is 1. The van der Waals surface area contributed by atoms with E-state index in [1.165, 1.54) is 17.7 Å². The maximum Gasteiger partial charge on any atom is 0.326 e. The number of carboxylic acid groups (broad SMARTS) is 1. The van der Waals surface area contributed by atoms with Crippen LogP contribution < -0.4 is 5.32 Å². The Morgan fingerprint density at radius 1 is 1.40 bits per heavy atom. The zero-order valence-electron chi connectivity index (χ0n) is 12.5. The minimum absolute atomic E-state index is 0.202. The second-order valence-electron chi connectivity index (χ2n) is 6.59. The monoisotopic (exact) mass is 282 g/mol. The van der Waals surface area contributed by atoms with Crippen molar-refractivity contribution in [2.45, 2.75) is 58.4 Å². The van der Waals surface area contributed by atoms with Crippen molar-refractivity contribution in [2.75, 3.05) is 13.1 Å². The minimum atomic E-state index is -0.888. The second kappa shape index (κ2) is 6.02. The lowest BCUT2D eigenvalue weighted by atomic mass is 9.92. The summed E-state index contributed by atoms with van der Waals surface area (Å²) in [6, 6.07) is -0.869. The number of amides is 2. The molecular weight excluding hydrogens is 256 g/mol. The summed E-state index contributed by atoms with van der Waals surface area (Å²) in [5, 5.41) is 12.2. The van der Waals surface area contributed by atoms with E-state index in [0.717, 1.165) is 19.3 Å². The van der Waals surface area contributed by atoms with Crippen molar-refractivity contribution in [3.05, 3.63) is 0 Å². The van der Waals surface area contributed by atoms with Crippen molar-refractivity contribution in [1.29, 1.82) is 0 Å². The van der Waals surface area contributed by atoms with Gasteiger partial charge in [-0.2, -0.15) is 0 Å². The maximum atomic E-state index is 12.2. The maximum absolute atomic E-state index is 12.2. The number of nitrogens with one attached hydrogen (secondary N) is 1. The Bertz CT molecular complexity index is 379. The molecule has 2 amide bonds. The third kappa shape index (κ3) is 3.44. The summed E-state index contributed by atoms with van der Waals surface area (Å²) in [6.07, 6.45) is 6.09. The summed E-state index contributed by atoms with van der Waals surface area (Å²) >= 11 is 0. The van der Waals surface area contributed by atoms with Gasteiger partial charge in [-0.1, -0.05) is 20.3 Å². The normalized spacial score (nSPS) is 28.0. The van der Waals surface area contributed by atoms with Gasteiger partial charge in [0.1, 0.15) is 6.04 Å². The fraction of sp³-hybridized carbons (Fsp3) is 0.867. The molecule has 0 spiro atoms. The van der Waals surface area contributed by atoms with E-state index in [1.807, 2.05) is 6.92 Å². The Kier molecular flexibility index (Phi) is 4.55. The minimum Gasteiger partial charge on any atom is -0.480 e. The molecule has 2 fully saturated rings. The van der Waals surface area contributed by atoms with Crippen molar-refractivity contribution < 1.29 is 14.7 Å². The van der Waals surface area contributed by atoms with Crippen LogP contribution in [0.15, 0.2) is 0 Å². The Morgan fingerprint density at radius 2 is 2.10 bits per heavy atom. The van der Waals surface area contributed by atoms with Gasteiger partial charge in [-0.3, -0.25) is 0 Å². The van der Waals surface area contributed by atoms with Crippen LogP contribution >= 0.6 is 0 Å². The Hall–Kier alpha value is -1.26. The zero-order valence-corrected chi connectivity index (χ0v) is 12.5. The van der Waals surface area contributed by atoms with Crippen molar-refractivity contribution in [1.82, 2.24) is 10.2 Å². The molecule has 0 aromatic rings. The van der Waals surface area contributed by atoms with Crippen LogP contribution in [0, 0.1) is 11.3 Å². The number of carboxylic acids is 1. The fourth-order valence-corrected chi connectivity index (χ4v) is 3.21. The lowest BCUT2D eigenvalue weighted by Gasteiger charge is -2.36. The first kappa shape index (κ1) is 15.1. The van der Waals surface area contributed by atoms with Crippen molar-refractivity contribution in [2.24, 2.45) is 11.3 Å². The van der Waals surface area contributed by atoms with Crippen LogP contribution in [0.5, 0.6) is 0 Å². The molecule has 1 aliphatic heterocycles. The predicted octanol–water partition coefficient (Wildman–Crippen LogP) is 2.46. The predicted molar refractivity (Wildman–Crippen MR) is 76.5 cm³/mol. The molecule has 1 saturated heterocycles. The molecule has 2 atom stereocenters. The van der Waals surface area contributed by atoms with Gasteiger partial charge in [0, 0.05) is 13.1 Å². The van der Waals surface area contributed by atoms with Crippen LogP contribution in [-0.2, 0) is 4.79 Å². The van der Waals surface area contributed by atoms with Crippen LogP contribution in [0.25, 0.3) is 0 Å². The number of nitrogens with zero attached hydrogens (tertiary/aromatic N) is 1. The molecule has 2 unspecified atom stereocenters. The molecular formula is C15H26N2O3. The van der Waals surface area contributed by atoms with Crippen molar-refractivity contribution in [3.63, 3.8) is 0 Å². The number of rotatable bonds is 5. The highest BCUT2D eigenvalue weighted by Crippen LogP contribution is 2.48. The molecule has 0 aromatic carbocycles. The lowest BCUT2D eigenvalue weighted by molar-refractivity contribution is -0.143. The van der Waals surface area contributed by atoms with Gasteiger partial charge in [-0.05, 0) is 43.4 Å². The lowest BCUT2D eigenvalue weighted by Crippen LogP contribution is -2.53. The van der Waals surface area contributed by atoms with E-state index in [2.05, 4.69) is 12.2 Å². The van der Waals surface area contributed by atoms with Gasteiger partial charge >= 0.3 is 12.0 Å².